The van der Waals surface area contributed by atoms with Gasteiger partial charge in [-0.25, -0.2) is 0 Å². The van der Waals surface area contributed by atoms with Gasteiger partial charge in [-0.3, -0.25) is 0 Å². The Labute approximate surface area is 121 Å². The highest BCUT2D eigenvalue weighted by atomic mass is 19.4. The van der Waals surface area contributed by atoms with Crippen molar-refractivity contribution in [1.29, 1.82) is 0 Å². The summed E-state index contributed by atoms with van der Waals surface area (Å²) in [7, 11) is 0. The zero-order valence-corrected chi connectivity index (χ0v) is 11.6. The monoisotopic (exact) mass is 295 g/mol. The summed E-state index contributed by atoms with van der Waals surface area (Å²) in [6, 6.07) is 12.9. The van der Waals surface area contributed by atoms with E-state index in [1.807, 2.05) is 31.2 Å². The Hall–Kier alpha value is -2.17. The molecule has 2 aromatic carbocycles. The van der Waals surface area contributed by atoms with E-state index in [2.05, 4.69) is 5.32 Å². The lowest BCUT2D eigenvalue weighted by atomic mass is 10.2. The molecule has 0 aliphatic carbocycles. The molecule has 2 nitrogen and oxygen atoms in total. The Morgan fingerprint density at radius 3 is 2.38 bits per heavy atom. The molecule has 2 rings (SSSR count). The normalized spacial score (nSPS) is 11.2. The van der Waals surface area contributed by atoms with Crippen molar-refractivity contribution in [3.05, 3.63) is 59.7 Å². The molecule has 0 fully saturated rings. The van der Waals surface area contributed by atoms with Gasteiger partial charge >= 0.3 is 6.18 Å². The average molecular weight is 295 g/mol. The number of rotatable bonds is 5. The lowest BCUT2D eigenvalue weighted by Crippen LogP contribution is -2.14. The van der Waals surface area contributed by atoms with Crippen molar-refractivity contribution in [3.8, 4) is 5.75 Å². The number of benzene rings is 2. The summed E-state index contributed by atoms with van der Waals surface area (Å²) in [5.74, 6) is -0.142. The fourth-order valence-corrected chi connectivity index (χ4v) is 1.94. The van der Waals surface area contributed by atoms with Gasteiger partial charge in [0, 0.05) is 12.2 Å². The first kappa shape index (κ1) is 15.2. The number of anilines is 1. The maximum Gasteiger partial charge on any atom is 0.419 e. The molecule has 21 heavy (non-hydrogen) atoms. The fraction of sp³-hybridized carbons (Fsp3) is 0.250. The Balaban J connectivity index is 1.91. The van der Waals surface area contributed by atoms with Gasteiger partial charge in [-0.2, -0.15) is 13.2 Å². The van der Waals surface area contributed by atoms with Gasteiger partial charge in [0.05, 0.1) is 5.56 Å². The van der Waals surface area contributed by atoms with Crippen LogP contribution in [0.5, 0.6) is 5.75 Å². The van der Waals surface area contributed by atoms with Crippen molar-refractivity contribution in [1.82, 2.24) is 0 Å². The predicted molar refractivity (Wildman–Crippen MR) is 76.6 cm³/mol. The summed E-state index contributed by atoms with van der Waals surface area (Å²) in [6.07, 6.45) is -4.40. The van der Waals surface area contributed by atoms with E-state index in [-0.39, 0.29) is 12.4 Å². The minimum Gasteiger partial charge on any atom is -0.491 e. The van der Waals surface area contributed by atoms with Crippen LogP contribution in [0, 0.1) is 6.92 Å². The summed E-state index contributed by atoms with van der Waals surface area (Å²) >= 11 is 0. The van der Waals surface area contributed by atoms with E-state index in [1.165, 1.54) is 18.2 Å². The van der Waals surface area contributed by atoms with Gasteiger partial charge in [0.1, 0.15) is 12.4 Å². The second kappa shape index (κ2) is 6.52. The Kier molecular flexibility index (Phi) is 4.73. The highest BCUT2D eigenvalue weighted by Gasteiger charge is 2.33. The highest BCUT2D eigenvalue weighted by Crippen LogP contribution is 2.35. The maximum atomic E-state index is 12.8. The number of halogens is 3. The summed E-state index contributed by atoms with van der Waals surface area (Å²) in [5.41, 5.74) is 1.28. The molecule has 0 aromatic heterocycles. The van der Waals surface area contributed by atoms with Crippen molar-refractivity contribution in [3.63, 3.8) is 0 Å². The van der Waals surface area contributed by atoms with Gasteiger partial charge in [0.25, 0.3) is 0 Å². The maximum absolute atomic E-state index is 12.8. The van der Waals surface area contributed by atoms with Crippen molar-refractivity contribution in [2.24, 2.45) is 0 Å². The molecule has 0 saturated heterocycles. The van der Waals surface area contributed by atoms with Crippen LogP contribution in [-0.2, 0) is 6.18 Å². The van der Waals surface area contributed by atoms with Crippen LogP contribution >= 0.6 is 0 Å². The molecule has 0 atom stereocenters. The molecule has 0 spiro atoms. The van der Waals surface area contributed by atoms with Crippen molar-refractivity contribution in [2.45, 2.75) is 13.1 Å². The van der Waals surface area contributed by atoms with Crippen LogP contribution in [0.25, 0.3) is 0 Å². The molecule has 5 heteroatoms. The van der Waals surface area contributed by atoms with Gasteiger partial charge in [-0.05, 0) is 30.7 Å². The molecule has 0 unspecified atom stereocenters. The summed E-state index contributed by atoms with van der Waals surface area (Å²) in [4.78, 5) is 0. The van der Waals surface area contributed by atoms with Crippen molar-refractivity contribution < 1.29 is 17.9 Å². The van der Waals surface area contributed by atoms with Gasteiger partial charge < -0.3 is 10.1 Å². The van der Waals surface area contributed by atoms with E-state index >= 15 is 0 Å². The zero-order chi connectivity index (χ0) is 15.3. The molecule has 0 amide bonds. The number of para-hydroxylation sites is 2. The number of alkyl halides is 3. The van der Waals surface area contributed by atoms with Crippen LogP contribution in [0.2, 0.25) is 0 Å². The molecule has 0 radical (unpaired) electrons. The Morgan fingerprint density at radius 2 is 1.67 bits per heavy atom. The molecular formula is C16H16F3NO. The van der Waals surface area contributed by atoms with Gasteiger partial charge in [-0.15, -0.1) is 0 Å². The van der Waals surface area contributed by atoms with E-state index in [4.69, 9.17) is 4.74 Å². The van der Waals surface area contributed by atoms with E-state index in [9.17, 15) is 13.2 Å². The highest BCUT2D eigenvalue weighted by molar-refractivity contribution is 5.50. The molecule has 1 N–H and O–H groups in total. The molecule has 112 valence electrons. The molecule has 0 aliphatic heterocycles. The molecular weight excluding hydrogens is 279 g/mol. The number of hydrogen-bond acceptors (Lipinski definition) is 2. The van der Waals surface area contributed by atoms with Crippen molar-refractivity contribution >= 4 is 5.69 Å². The summed E-state index contributed by atoms with van der Waals surface area (Å²) in [6.45, 7) is 2.54. The molecule has 0 aliphatic rings. The first-order valence-corrected chi connectivity index (χ1v) is 6.57. The number of ether oxygens (including phenoxy) is 1. The third-order valence-electron chi connectivity index (χ3n) is 3.01. The SMILES string of the molecule is Cc1ccccc1NCCOc1ccccc1C(F)(F)F. The lowest BCUT2D eigenvalue weighted by Gasteiger charge is -2.14. The zero-order valence-electron chi connectivity index (χ0n) is 11.6. The summed E-state index contributed by atoms with van der Waals surface area (Å²) < 4.78 is 43.6. The second-order valence-electron chi connectivity index (χ2n) is 4.58. The lowest BCUT2D eigenvalue weighted by molar-refractivity contribution is -0.138. The first-order valence-electron chi connectivity index (χ1n) is 6.57. The average Bonchev–Trinajstić information content (AvgIpc) is 2.45. The predicted octanol–water partition coefficient (Wildman–Crippen LogP) is 4.50. The van der Waals surface area contributed by atoms with E-state index in [1.54, 1.807) is 0 Å². The van der Waals surface area contributed by atoms with Crippen molar-refractivity contribution in [2.75, 3.05) is 18.5 Å². The molecule has 0 heterocycles. The molecule has 2 aromatic rings. The van der Waals surface area contributed by atoms with E-state index < -0.39 is 11.7 Å². The fourth-order valence-electron chi connectivity index (χ4n) is 1.94. The van der Waals surface area contributed by atoms with Crippen LogP contribution in [0.15, 0.2) is 48.5 Å². The van der Waals surface area contributed by atoms with Crippen LogP contribution < -0.4 is 10.1 Å². The minimum atomic E-state index is -4.40. The summed E-state index contributed by atoms with van der Waals surface area (Å²) in [5, 5.41) is 3.14. The largest absolute Gasteiger partial charge is 0.491 e. The standard InChI is InChI=1S/C16H16F3NO/c1-12-6-2-4-8-14(12)20-10-11-21-15-9-5-3-7-13(15)16(17,18)19/h2-9,20H,10-11H2,1H3. The topological polar surface area (TPSA) is 21.3 Å². The smallest absolute Gasteiger partial charge is 0.419 e. The first-order chi connectivity index (χ1) is 9.98. The van der Waals surface area contributed by atoms with E-state index in [0.29, 0.717) is 6.54 Å². The Bertz CT molecular complexity index is 596. The van der Waals surface area contributed by atoms with Gasteiger partial charge in [0.2, 0.25) is 0 Å². The van der Waals surface area contributed by atoms with Crippen LogP contribution in [0.1, 0.15) is 11.1 Å². The van der Waals surface area contributed by atoms with Crippen LogP contribution in [0.3, 0.4) is 0 Å². The van der Waals surface area contributed by atoms with Gasteiger partial charge in [-0.1, -0.05) is 30.3 Å². The minimum absolute atomic E-state index is 0.142. The Morgan fingerprint density at radius 1 is 1.00 bits per heavy atom. The second-order valence-corrected chi connectivity index (χ2v) is 4.58. The third kappa shape index (κ3) is 4.15. The van der Waals surface area contributed by atoms with Crippen LogP contribution in [0.4, 0.5) is 18.9 Å². The van der Waals surface area contributed by atoms with E-state index in [0.717, 1.165) is 17.3 Å². The molecule has 0 bridgehead atoms. The number of hydrogen-bond donors (Lipinski definition) is 1. The number of aryl methyl sites for hydroxylation is 1. The third-order valence-corrected chi connectivity index (χ3v) is 3.01. The van der Waals surface area contributed by atoms with Crippen LogP contribution in [-0.4, -0.2) is 13.2 Å². The molecule has 0 saturated carbocycles. The van der Waals surface area contributed by atoms with Gasteiger partial charge in [0.15, 0.2) is 0 Å². The quantitative estimate of drug-likeness (QED) is 0.820. The number of nitrogens with one attached hydrogen (secondary N) is 1.